The summed E-state index contributed by atoms with van der Waals surface area (Å²) in [6, 6.07) is 0. The Morgan fingerprint density at radius 3 is 2.76 bits per heavy atom. The summed E-state index contributed by atoms with van der Waals surface area (Å²) in [6.45, 7) is 3.83. The van der Waals surface area contributed by atoms with Gasteiger partial charge in [0.25, 0.3) is 5.56 Å². The quantitative estimate of drug-likeness (QED) is 0.798. The molecule has 0 aliphatic heterocycles. The van der Waals surface area contributed by atoms with Gasteiger partial charge in [0.1, 0.15) is 11.3 Å². The molecule has 0 unspecified atom stereocenters. The van der Waals surface area contributed by atoms with Gasteiger partial charge in [-0.25, -0.2) is 9.78 Å². The van der Waals surface area contributed by atoms with E-state index in [1.165, 1.54) is 15.5 Å². The van der Waals surface area contributed by atoms with E-state index in [0.29, 0.717) is 24.1 Å². The zero-order chi connectivity index (χ0) is 15.6. The monoisotopic (exact) mass is 292 g/mol. The summed E-state index contributed by atoms with van der Waals surface area (Å²) in [5.74, 6) is 0.196. The maximum Gasteiger partial charge on any atom is 0.332 e. The molecule has 7 nitrogen and oxygen atoms in total. The van der Waals surface area contributed by atoms with Crippen LogP contribution in [0, 0.1) is 5.92 Å². The van der Waals surface area contributed by atoms with Crippen LogP contribution in [-0.2, 0) is 18.4 Å². The number of hydrogen-bond acceptors (Lipinski definition) is 4. The Hall–Kier alpha value is -2.18. The van der Waals surface area contributed by atoms with Gasteiger partial charge in [-0.2, -0.15) is 0 Å². The van der Waals surface area contributed by atoms with Gasteiger partial charge in [0.2, 0.25) is 0 Å². The van der Waals surface area contributed by atoms with Crippen LogP contribution < -0.4 is 11.2 Å². The van der Waals surface area contributed by atoms with Gasteiger partial charge in [0.15, 0.2) is 5.65 Å². The number of imidazole rings is 1. The van der Waals surface area contributed by atoms with E-state index in [9.17, 15) is 14.4 Å². The molecule has 21 heavy (non-hydrogen) atoms. The number of carbonyl (C=O) groups is 1. The van der Waals surface area contributed by atoms with Crippen LogP contribution >= 0.6 is 0 Å². The molecule has 2 aromatic rings. The third-order valence-electron chi connectivity index (χ3n) is 3.88. The highest BCUT2D eigenvalue weighted by molar-refractivity contribution is 5.77. The van der Waals surface area contributed by atoms with E-state index in [-0.39, 0.29) is 23.0 Å². The van der Waals surface area contributed by atoms with E-state index in [0.717, 1.165) is 12.8 Å². The lowest BCUT2D eigenvalue weighted by Gasteiger charge is -2.09. The number of aromatic nitrogens is 4. The highest BCUT2D eigenvalue weighted by atomic mass is 16.2. The average molecular weight is 292 g/mol. The number of carbonyl (C=O) groups excluding carboxylic acids is 1. The molecule has 0 aromatic carbocycles. The maximum absolute atomic E-state index is 12.2. The molecule has 0 amide bonds. The molecule has 0 bridgehead atoms. The zero-order valence-corrected chi connectivity index (χ0v) is 12.5. The average Bonchev–Trinajstić information content (AvgIpc) is 2.93. The second-order valence-electron chi connectivity index (χ2n) is 5.41. The summed E-state index contributed by atoms with van der Waals surface area (Å²) < 4.78 is 2.59. The van der Waals surface area contributed by atoms with Crippen LogP contribution in [0.4, 0.5) is 0 Å². The molecule has 0 radical (unpaired) electrons. The normalized spacial score (nSPS) is 12.7. The number of aryl methyl sites for hydroxylation is 1. The van der Waals surface area contributed by atoms with Crippen molar-refractivity contribution < 1.29 is 4.79 Å². The fourth-order valence-electron chi connectivity index (χ4n) is 2.31. The Kier molecular flexibility index (Phi) is 4.40. The van der Waals surface area contributed by atoms with E-state index < -0.39 is 0 Å². The van der Waals surface area contributed by atoms with Crippen molar-refractivity contribution >= 4 is 16.9 Å². The molecule has 1 atom stereocenters. The van der Waals surface area contributed by atoms with Crippen molar-refractivity contribution in [3.8, 4) is 0 Å². The topological polar surface area (TPSA) is 89.8 Å². The van der Waals surface area contributed by atoms with Crippen LogP contribution in [-0.4, -0.2) is 24.9 Å². The Morgan fingerprint density at radius 1 is 1.38 bits per heavy atom. The van der Waals surface area contributed by atoms with Gasteiger partial charge in [-0.15, -0.1) is 0 Å². The standard InChI is InChI=1S/C14H20N4O3/c1-9(10(2)19)6-4-5-7-18-13(20)11-12(16-8-15-11)17(3)14(18)21/h8-9H,4-7H2,1-3H3,(H,15,16)/t9-/m1/s1. The molecule has 0 aliphatic carbocycles. The Morgan fingerprint density at radius 2 is 2.10 bits per heavy atom. The Balaban J connectivity index is 2.14. The third kappa shape index (κ3) is 2.96. The minimum atomic E-state index is -0.362. The van der Waals surface area contributed by atoms with Crippen LogP contribution in [0.25, 0.3) is 11.2 Å². The van der Waals surface area contributed by atoms with Crippen LogP contribution in [0.1, 0.15) is 33.1 Å². The van der Waals surface area contributed by atoms with Gasteiger partial charge < -0.3 is 4.98 Å². The van der Waals surface area contributed by atoms with Crippen molar-refractivity contribution in [3.05, 3.63) is 27.2 Å². The SMILES string of the molecule is CC(=O)[C@H](C)CCCCn1c(=O)c2[nH]cnc2n(C)c1=O. The number of rotatable bonds is 6. The van der Waals surface area contributed by atoms with Crippen molar-refractivity contribution in [3.63, 3.8) is 0 Å². The van der Waals surface area contributed by atoms with Crippen LogP contribution in [0.15, 0.2) is 15.9 Å². The number of H-pyrrole nitrogens is 1. The fourth-order valence-corrected chi connectivity index (χ4v) is 2.31. The summed E-state index contributed by atoms with van der Waals surface area (Å²) in [5, 5.41) is 0. The smallest absolute Gasteiger partial charge is 0.332 e. The molecular formula is C14H20N4O3. The molecule has 0 aliphatic rings. The van der Waals surface area contributed by atoms with E-state index in [1.807, 2.05) is 6.92 Å². The van der Waals surface area contributed by atoms with Gasteiger partial charge in [-0.1, -0.05) is 13.3 Å². The number of aromatic amines is 1. The Labute approximate surface area is 121 Å². The number of fused-ring (bicyclic) bond motifs is 1. The van der Waals surface area contributed by atoms with Crippen LogP contribution in [0.5, 0.6) is 0 Å². The minimum absolute atomic E-state index is 0.0274. The van der Waals surface area contributed by atoms with Crippen LogP contribution in [0.3, 0.4) is 0 Å². The summed E-state index contributed by atoms with van der Waals surface area (Å²) in [7, 11) is 1.60. The van der Waals surface area contributed by atoms with E-state index >= 15 is 0 Å². The number of nitrogens with one attached hydrogen (secondary N) is 1. The molecule has 114 valence electrons. The van der Waals surface area contributed by atoms with Crippen molar-refractivity contribution in [2.45, 2.75) is 39.7 Å². The maximum atomic E-state index is 12.2. The summed E-state index contributed by atoms with van der Waals surface area (Å²) in [6.07, 6.45) is 3.67. The number of ketones is 1. The lowest BCUT2D eigenvalue weighted by Crippen LogP contribution is -2.39. The molecular weight excluding hydrogens is 272 g/mol. The molecule has 2 heterocycles. The molecule has 2 rings (SSSR count). The molecule has 2 aromatic heterocycles. The molecule has 7 heteroatoms. The van der Waals surface area contributed by atoms with Gasteiger partial charge >= 0.3 is 5.69 Å². The van der Waals surface area contributed by atoms with E-state index in [2.05, 4.69) is 9.97 Å². The molecule has 0 saturated carbocycles. The second-order valence-corrected chi connectivity index (χ2v) is 5.41. The Bertz CT molecular complexity index is 769. The lowest BCUT2D eigenvalue weighted by atomic mass is 10.0. The first kappa shape index (κ1) is 15.2. The number of hydrogen-bond donors (Lipinski definition) is 1. The van der Waals surface area contributed by atoms with Gasteiger partial charge in [0, 0.05) is 19.5 Å². The first-order chi connectivity index (χ1) is 9.93. The second kappa shape index (κ2) is 6.07. The highest BCUT2D eigenvalue weighted by Crippen LogP contribution is 2.09. The summed E-state index contributed by atoms with van der Waals surface area (Å²) in [5.41, 5.74) is 0.00471. The van der Waals surface area contributed by atoms with E-state index in [4.69, 9.17) is 0 Å². The zero-order valence-electron chi connectivity index (χ0n) is 12.5. The molecule has 0 saturated heterocycles. The molecule has 1 N–H and O–H groups in total. The van der Waals surface area contributed by atoms with Crippen molar-refractivity contribution in [1.82, 2.24) is 19.1 Å². The molecule has 0 spiro atoms. The number of unbranched alkanes of at least 4 members (excludes halogenated alkanes) is 1. The van der Waals surface area contributed by atoms with Crippen molar-refractivity contribution in [2.24, 2.45) is 13.0 Å². The lowest BCUT2D eigenvalue weighted by molar-refractivity contribution is -0.120. The summed E-state index contributed by atoms with van der Waals surface area (Å²) in [4.78, 5) is 42.3. The van der Waals surface area contributed by atoms with Gasteiger partial charge in [-0.05, 0) is 19.8 Å². The molecule has 0 fully saturated rings. The first-order valence-electron chi connectivity index (χ1n) is 7.06. The highest BCUT2D eigenvalue weighted by Gasteiger charge is 2.13. The number of Topliss-reactive ketones (excluding diaryl/α,β-unsaturated/α-hetero) is 1. The third-order valence-corrected chi connectivity index (χ3v) is 3.88. The van der Waals surface area contributed by atoms with Gasteiger partial charge in [0.05, 0.1) is 6.33 Å². The minimum Gasteiger partial charge on any atom is -0.339 e. The largest absolute Gasteiger partial charge is 0.339 e. The fraction of sp³-hybridized carbons (Fsp3) is 0.571. The van der Waals surface area contributed by atoms with Crippen molar-refractivity contribution in [1.29, 1.82) is 0 Å². The predicted molar refractivity (Wildman–Crippen MR) is 79.3 cm³/mol. The predicted octanol–water partition coefficient (Wildman–Crippen LogP) is 0.819. The van der Waals surface area contributed by atoms with Crippen molar-refractivity contribution in [2.75, 3.05) is 0 Å². The summed E-state index contributed by atoms with van der Waals surface area (Å²) >= 11 is 0. The van der Waals surface area contributed by atoms with E-state index in [1.54, 1.807) is 14.0 Å². The first-order valence-corrected chi connectivity index (χ1v) is 7.06. The van der Waals surface area contributed by atoms with Crippen LogP contribution in [0.2, 0.25) is 0 Å². The number of nitrogens with zero attached hydrogens (tertiary/aromatic N) is 3. The van der Waals surface area contributed by atoms with Gasteiger partial charge in [-0.3, -0.25) is 18.7 Å².